The molecule has 0 aliphatic rings. The summed E-state index contributed by atoms with van der Waals surface area (Å²) < 4.78 is 0. The molecule has 0 fully saturated rings. The highest BCUT2D eigenvalue weighted by Crippen LogP contribution is 2.29. The fourth-order valence-electron chi connectivity index (χ4n) is 2.22. The van der Waals surface area contributed by atoms with Gasteiger partial charge in [-0.25, -0.2) is 0 Å². The lowest BCUT2D eigenvalue weighted by Crippen LogP contribution is -2.14. The van der Waals surface area contributed by atoms with Crippen LogP contribution < -0.4 is 5.32 Å². The summed E-state index contributed by atoms with van der Waals surface area (Å²) in [4.78, 5) is 10.3. The molecule has 110 valence electrons. The van der Waals surface area contributed by atoms with Crippen LogP contribution in [0, 0.1) is 10.1 Å². The first-order valence-corrected chi connectivity index (χ1v) is 6.94. The number of non-ortho nitro benzene ring substituents is 1. The summed E-state index contributed by atoms with van der Waals surface area (Å²) in [5, 5.41) is 14.1. The number of hydrogen-bond acceptors (Lipinski definition) is 3. The van der Waals surface area contributed by atoms with Gasteiger partial charge >= 0.3 is 0 Å². The Morgan fingerprint density at radius 1 is 1.05 bits per heavy atom. The van der Waals surface area contributed by atoms with Gasteiger partial charge in [0.25, 0.3) is 5.69 Å². The van der Waals surface area contributed by atoms with E-state index in [2.05, 4.69) is 38.2 Å². The van der Waals surface area contributed by atoms with Gasteiger partial charge in [0.2, 0.25) is 0 Å². The molecule has 0 radical (unpaired) electrons. The number of nitrogens with one attached hydrogen (secondary N) is 1. The summed E-state index contributed by atoms with van der Waals surface area (Å²) in [5.74, 6) is 0. The van der Waals surface area contributed by atoms with Crippen LogP contribution in [-0.4, -0.2) is 4.92 Å². The highest BCUT2D eigenvalue weighted by Gasteiger charge is 2.17. The van der Waals surface area contributed by atoms with Crippen LogP contribution in [0.5, 0.6) is 0 Å². The highest BCUT2D eigenvalue weighted by atomic mass is 16.6. The largest absolute Gasteiger partial charge is 0.381 e. The molecule has 0 saturated carbocycles. The summed E-state index contributed by atoms with van der Waals surface area (Å²) in [7, 11) is 0. The summed E-state index contributed by atoms with van der Waals surface area (Å²) in [6.45, 7) is 7.18. The minimum atomic E-state index is -0.383. The van der Waals surface area contributed by atoms with Crippen molar-refractivity contribution in [2.24, 2.45) is 0 Å². The predicted octanol–water partition coefficient (Wildman–Crippen LogP) is 4.50. The van der Waals surface area contributed by atoms with E-state index in [1.165, 1.54) is 17.7 Å². The third kappa shape index (κ3) is 3.81. The molecule has 0 atom stereocenters. The van der Waals surface area contributed by atoms with E-state index in [0.29, 0.717) is 6.54 Å². The fourth-order valence-corrected chi connectivity index (χ4v) is 2.22. The van der Waals surface area contributed by atoms with Crippen LogP contribution >= 0.6 is 0 Å². The second kappa shape index (κ2) is 5.95. The first kappa shape index (κ1) is 15.0. The molecule has 0 spiro atoms. The van der Waals surface area contributed by atoms with E-state index in [-0.39, 0.29) is 16.0 Å². The van der Waals surface area contributed by atoms with Crippen molar-refractivity contribution in [3.8, 4) is 0 Å². The van der Waals surface area contributed by atoms with E-state index in [1.54, 1.807) is 12.1 Å². The smallest absolute Gasteiger partial charge is 0.269 e. The molecule has 21 heavy (non-hydrogen) atoms. The normalized spacial score (nSPS) is 11.2. The molecule has 2 aromatic carbocycles. The number of benzene rings is 2. The number of anilines is 1. The van der Waals surface area contributed by atoms with Crippen LogP contribution in [0.4, 0.5) is 11.4 Å². The monoisotopic (exact) mass is 284 g/mol. The van der Waals surface area contributed by atoms with E-state index in [1.807, 2.05) is 12.1 Å². The molecule has 0 amide bonds. The van der Waals surface area contributed by atoms with Gasteiger partial charge in [0.05, 0.1) is 4.92 Å². The van der Waals surface area contributed by atoms with Crippen LogP contribution in [0.1, 0.15) is 31.9 Å². The SMILES string of the molecule is CC(C)(C)c1ccccc1NCc1ccc([N+](=O)[O-])cc1. The van der Waals surface area contributed by atoms with Crippen molar-refractivity contribution in [1.29, 1.82) is 0 Å². The van der Waals surface area contributed by atoms with Crippen molar-refractivity contribution < 1.29 is 4.92 Å². The Labute approximate surface area is 125 Å². The maximum Gasteiger partial charge on any atom is 0.269 e. The Balaban J connectivity index is 2.12. The zero-order valence-electron chi connectivity index (χ0n) is 12.6. The van der Waals surface area contributed by atoms with E-state index >= 15 is 0 Å². The van der Waals surface area contributed by atoms with Gasteiger partial charge in [-0.2, -0.15) is 0 Å². The zero-order valence-corrected chi connectivity index (χ0v) is 12.6. The van der Waals surface area contributed by atoms with Gasteiger partial charge in [0.1, 0.15) is 0 Å². The number of nitro groups is 1. The van der Waals surface area contributed by atoms with Crippen molar-refractivity contribution in [3.63, 3.8) is 0 Å². The molecule has 0 aromatic heterocycles. The average Bonchev–Trinajstić information content (AvgIpc) is 2.45. The average molecular weight is 284 g/mol. The van der Waals surface area contributed by atoms with Crippen LogP contribution in [0.25, 0.3) is 0 Å². The van der Waals surface area contributed by atoms with Crippen molar-refractivity contribution in [1.82, 2.24) is 0 Å². The Hall–Kier alpha value is -2.36. The molecular weight excluding hydrogens is 264 g/mol. The molecule has 4 nitrogen and oxygen atoms in total. The quantitative estimate of drug-likeness (QED) is 0.664. The first-order valence-electron chi connectivity index (χ1n) is 6.94. The number of para-hydroxylation sites is 1. The maximum absolute atomic E-state index is 10.6. The number of hydrogen-bond donors (Lipinski definition) is 1. The molecule has 2 aromatic rings. The van der Waals surface area contributed by atoms with Gasteiger partial charge in [-0.05, 0) is 22.6 Å². The third-order valence-corrected chi connectivity index (χ3v) is 3.37. The molecule has 2 rings (SSSR count). The molecular formula is C17H20N2O2. The van der Waals surface area contributed by atoms with Gasteiger partial charge in [-0.1, -0.05) is 51.1 Å². The van der Waals surface area contributed by atoms with E-state index in [0.717, 1.165) is 11.3 Å². The number of rotatable bonds is 4. The van der Waals surface area contributed by atoms with Gasteiger partial charge in [-0.15, -0.1) is 0 Å². The van der Waals surface area contributed by atoms with Crippen LogP contribution in [0.2, 0.25) is 0 Å². The van der Waals surface area contributed by atoms with Crippen molar-refractivity contribution in [2.75, 3.05) is 5.32 Å². The molecule has 0 bridgehead atoms. The molecule has 4 heteroatoms. The maximum atomic E-state index is 10.6. The third-order valence-electron chi connectivity index (χ3n) is 3.37. The van der Waals surface area contributed by atoms with E-state index in [9.17, 15) is 10.1 Å². The second-order valence-electron chi connectivity index (χ2n) is 6.07. The van der Waals surface area contributed by atoms with Gasteiger partial charge in [-0.3, -0.25) is 10.1 Å². The lowest BCUT2D eigenvalue weighted by molar-refractivity contribution is -0.384. The van der Waals surface area contributed by atoms with E-state index < -0.39 is 0 Å². The first-order chi connectivity index (χ1) is 9.88. The van der Waals surface area contributed by atoms with Crippen LogP contribution in [-0.2, 0) is 12.0 Å². The minimum Gasteiger partial charge on any atom is -0.381 e. The number of nitrogens with zero attached hydrogens (tertiary/aromatic N) is 1. The van der Waals surface area contributed by atoms with Gasteiger partial charge < -0.3 is 5.32 Å². The summed E-state index contributed by atoms with van der Waals surface area (Å²) >= 11 is 0. The van der Waals surface area contributed by atoms with E-state index in [4.69, 9.17) is 0 Å². The Morgan fingerprint density at radius 2 is 1.67 bits per heavy atom. The Morgan fingerprint density at radius 3 is 2.24 bits per heavy atom. The summed E-state index contributed by atoms with van der Waals surface area (Å²) in [6.07, 6.45) is 0. The lowest BCUT2D eigenvalue weighted by Gasteiger charge is -2.23. The van der Waals surface area contributed by atoms with Crippen LogP contribution in [0.3, 0.4) is 0 Å². The molecule has 0 heterocycles. The Bertz CT molecular complexity index is 628. The molecule has 0 saturated heterocycles. The Kier molecular flexibility index (Phi) is 4.26. The van der Waals surface area contributed by atoms with Gasteiger partial charge in [0.15, 0.2) is 0 Å². The molecule has 0 unspecified atom stereocenters. The topological polar surface area (TPSA) is 55.2 Å². The van der Waals surface area contributed by atoms with Crippen LogP contribution in [0.15, 0.2) is 48.5 Å². The fraction of sp³-hybridized carbons (Fsp3) is 0.294. The van der Waals surface area contributed by atoms with Gasteiger partial charge in [0, 0.05) is 24.4 Å². The van der Waals surface area contributed by atoms with Crippen molar-refractivity contribution in [3.05, 3.63) is 69.8 Å². The predicted molar refractivity (Wildman–Crippen MR) is 85.6 cm³/mol. The lowest BCUT2D eigenvalue weighted by atomic mass is 9.86. The molecule has 1 N–H and O–H groups in total. The summed E-state index contributed by atoms with van der Waals surface area (Å²) in [6, 6.07) is 14.9. The molecule has 0 aliphatic carbocycles. The molecule has 0 aliphatic heterocycles. The van der Waals surface area contributed by atoms with Crippen molar-refractivity contribution in [2.45, 2.75) is 32.7 Å². The highest BCUT2D eigenvalue weighted by molar-refractivity contribution is 5.54. The second-order valence-corrected chi connectivity index (χ2v) is 6.07. The summed E-state index contributed by atoms with van der Waals surface area (Å²) in [5.41, 5.74) is 3.56. The van der Waals surface area contributed by atoms with Crippen molar-refractivity contribution >= 4 is 11.4 Å². The number of nitro benzene ring substituents is 1. The standard InChI is InChI=1S/C17H20N2O2/c1-17(2,3)15-6-4-5-7-16(15)18-12-13-8-10-14(11-9-13)19(20)21/h4-11,18H,12H2,1-3H3. The minimum absolute atomic E-state index is 0.0685. The zero-order chi connectivity index (χ0) is 15.5.